The van der Waals surface area contributed by atoms with Gasteiger partial charge in [-0.1, -0.05) is 6.07 Å². The van der Waals surface area contributed by atoms with Crippen molar-refractivity contribution >= 4 is 18.0 Å². The van der Waals surface area contributed by atoms with Gasteiger partial charge in [0.2, 0.25) is 0 Å². The van der Waals surface area contributed by atoms with E-state index in [0.717, 1.165) is 11.1 Å². The normalized spacial score (nSPS) is 22.1. The highest BCUT2D eigenvalue weighted by Crippen LogP contribution is 2.58. The van der Waals surface area contributed by atoms with Crippen molar-refractivity contribution < 1.29 is 38.4 Å². The van der Waals surface area contributed by atoms with Crippen LogP contribution in [0.15, 0.2) is 11.8 Å². The predicted octanol–water partition coefficient (Wildman–Crippen LogP) is 3.72. The Kier molecular flexibility index (Phi) is 7.45. The van der Waals surface area contributed by atoms with Gasteiger partial charge in [-0.3, -0.25) is 14.5 Å². The summed E-state index contributed by atoms with van der Waals surface area (Å²) in [5, 5.41) is 22.2. The van der Waals surface area contributed by atoms with E-state index in [0.29, 0.717) is 51.6 Å². The Labute approximate surface area is 244 Å². The number of nitrogens with zero attached hydrogens (tertiary/aromatic N) is 3. The molecule has 222 valence electrons. The van der Waals surface area contributed by atoms with Gasteiger partial charge in [0.25, 0.3) is 0 Å². The van der Waals surface area contributed by atoms with Gasteiger partial charge in [-0.2, -0.15) is 5.26 Å². The molecular weight excluding hydrogens is 542 g/mol. The molecule has 11 heteroatoms. The number of phenolic OH excluding ortho intramolecular Hbond substituents is 1. The number of likely N-dealkylation sites (N-methyl/N-ethyl adjacent to an activating group) is 1. The van der Waals surface area contributed by atoms with E-state index in [9.17, 15) is 20.0 Å². The van der Waals surface area contributed by atoms with Crippen LogP contribution in [0.4, 0.5) is 0 Å². The third kappa shape index (κ3) is 4.20. The number of methoxy groups -OCH3 is 3. The van der Waals surface area contributed by atoms with Crippen LogP contribution in [0, 0.1) is 25.2 Å². The molecule has 2 aromatic rings. The first-order valence-electron chi connectivity index (χ1n) is 13.6. The molecule has 0 saturated carbocycles. The number of hydrogen-bond donors (Lipinski definition) is 1. The zero-order chi connectivity index (χ0) is 30.6. The fourth-order valence-electron chi connectivity index (χ4n) is 6.90. The van der Waals surface area contributed by atoms with E-state index in [2.05, 4.69) is 11.0 Å². The molecule has 3 aliphatic rings. The number of phenols is 1. The molecule has 3 aliphatic heterocycles. The molecule has 5 rings (SSSR count). The monoisotopic (exact) mass is 577 g/mol. The Hall–Kier alpha value is -4.43. The lowest BCUT2D eigenvalue weighted by atomic mass is 9.75. The molecule has 0 aliphatic carbocycles. The fourth-order valence-corrected chi connectivity index (χ4v) is 6.90. The minimum Gasteiger partial charge on any atom is -0.504 e. The van der Waals surface area contributed by atoms with Gasteiger partial charge in [-0.15, -0.1) is 0 Å². The highest BCUT2D eigenvalue weighted by atomic mass is 16.5. The highest BCUT2D eigenvalue weighted by Gasteiger charge is 2.53. The van der Waals surface area contributed by atoms with Crippen molar-refractivity contribution in [2.45, 2.75) is 58.3 Å². The molecule has 0 aromatic heterocycles. The van der Waals surface area contributed by atoms with E-state index in [1.54, 1.807) is 6.92 Å². The van der Waals surface area contributed by atoms with E-state index >= 15 is 0 Å². The molecule has 3 heterocycles. The van der Waals surface area contributed by atoms with E-state index in [1.165, 1.54) is 35.2 Å². The van der Waals surface area contributed by atoms with Crippen LogP contribution in [0.1, 0.15) is 59.3 Å². The van der Waals surface area contributed by atoms with Crippen LogP contribution in [0.3, 0.4) is 0 Å². The zero-order valence-electron chi connectivity index (χ0n) is 25.0. The van der Waals surface area contributed by atoms with Crippen molar-refractivity contribution in [1.82, 2.24) is 9.80 Å². The summed E-state index contributed by atoms with van der Waals surface area (Å²) in [4.78, 5) is 28.5. The average molecular weight is 578 g/mol. The number of esters is 2. The Morgan fingerprint density at radius 3 is 2.26 bits per heavy atom. The summed E-state index contributed by atoms with van der Waals surface area (Å²) in [7, 11) is 6.44. The fraction of sp³-hybridized carbons (Fsp3) is 0.452. The maximum absolute atomic E-state index is 12.3. The first-order chi connectivity index (χ1) is 20.0. The number of aromatic hydroxyl groups is 1. The molecular formula is C31H35N3O8. The van der Waals surface area contributed by atoms with Crippen LogP contribution in [0.2, 0.25) is 0 Å². The van der Waals surface area contributed by atoms with E-state index in [4.69, 9.17) is 23.7 Å². The summed E-state index contributed by atoms with van der Waals surface area (Å²) in [6, 6.07) is 2.37. The number of carbonyl (C=O) groups excluding carboxylic acids is 2. The predicted molar refractivity (Wildman–Crippen MR) is 152 cm³/mol. The van der Waals surface area contributed by atoms with E-state index in [1.807, 2.05) is 31.0 Å². The van der Waals surface area contributed by atoms with Gasteiger partial charge in [0.15, 0.2) is 23.0 Å². The van der Waals surface area contributed by atoms with Crippen molar-refractivity contribution in [2.75, 3.05) is 35.0 Å². The lowest BCUT2D eigenvalue weighted by Crippen LogP contribution is -2.62. The van der Waals surface area contributed by atoms with Crippen molar-refractivity contribution in [1.29, 1.82) is 5.26 Å². The first kappa shape index (κ1) is 29.1. The second-order valence-corrected chi connectivity index (χ2v) is 10.8. The molecule has 0 radical (unpaired) electrons. The van der Waals surface area contributed by atoms with Crippen LogP contribution in [0.5, 0.6) is 28.7 Å². The molecule has 1 saturated heterocycles. The first-order valence-corrected chi connectivity index (χ1v) is 13.6. The number of hydrogen-bond acceptors (Lipinski definition) is 11. The third-order valence-electron chi connectivity index (χ3n) is 8.50. The lowest BCUT2D eigenvalue weighted by Gasteiger charge is -2.57. The summed E-state index contributed by atoms with van der Waals surface area (Å²) in [5.41, 5.74) is 4.71. The number of piperazine rings is 1. The van der Waals surface area contributed by atoms with Gasteiger partial charge in [0, 0.05) is 47.8 Å². The van der Waals surface area contributed by atoms with Crippen LogP contribution in [-0.4, -0.2) is 73.9 Å². The largest absolute Gasteiger partial charge is 0.504 e. The molecule has 11 nitrogen and oxygen atoms in total. The molecule has 4 atom stereocenters. The maximum atomic E-state index is 12.3. The third-order valence-corrected chi connectivity index (χ3v) is 8.50. The van der Waals surface area contributed by atoms with Crippen LogP contribution in [0.25, 0.3) is 6.08 Å². The highest BCUT2D eigenvalue weighted by molar-refractivity contribution is 5.81. The molecule has 2 aromatic carbocycles. The second kappa shape index (κ2) is 10.8. The minimum absolute atomic E-state index is 0.0325. The van der Waals surface area contributed by atoms with Gasteiger partial charge in [0.1, 0.15) is 18.4 Å². The summed E-state index contributed by atoms with van der Waals surface area (Å²) >= 11 is 0. The van der Waals surface area contributed by atoms with Gasteiger partial charge >= 0.3 is 11.9 Å². The molecule has 1 fully saturated rings. The Bertz CT molecular complexity index is 1560. The van der Waals surface area contributed by atoms with Crippen molar-refractivity contribution in [3.8, 4) is 34.8 Å². The second-order valence-electron chi connectivity index (χ2n) is 10.8. The van der Waals surface area contributed by atoms with Gasteiger partial charge in [-0.05, 0) is 44.5 Å². The molecule has 2 bridgehead atoms. The Balaban J connectivity index is 1.90. The lowest BCUT2D eigenvalue weighted by molar-refractivity contribution is -0.143. The number of carbonyl (C=O) groups is 2. The number of ether oxygens (including phenoxy) is 5. The standard InChI is InChI=1S/C31H35N3O8/c1-14-9-18-10-20-22(12-32)34-21(26(33(20)5)24(18)27(37)28(14)38-6)11-19-25(23(34)13-41-16(3)35)31(40-8)30(39-7)15(2)29(19)42-17(4)36/h9,11,20,22-23,26,37H,10,13H2,1-8H3/t20-,22-,23-,26+/m0/s1. The van der Waals surface area contributed by atoms with Crippen LogP contribution >= 0.6 is 0 Å². The molecule has 0 spiro atoms. The number of fused-ring (bicyclic) bond motifs is 7. The average Bonchev–Trinajstić information content (AvgIpc) is 2.93. The summed E-state index contributed by atoms with van der Waals surface area (Å²) in [5.74, 6) is 0.419. The quantitative estimate of drug-likeness (QED) is 0.398. The maximum Gasteiger partial charge on any atom is 0.308 e. The number of benzene rings is 2. The van der Waals surface area contributed by atoms with Crippen molar-refractivity contribution in [3.05, 3.63) is 45.1 Å². The smallest absolute Gasteiger partial charge is 0.308 e. The molecule has 42 heavy (non-hydrogen) atoms. The van der Waals surface area contributed by atoms with Crippen LogP contribution in [-0.2, 0) is 20.7 Å². The van der Waals surface area contributed by atoms with E-state index in [-0.39, 0.29) is 24.1 Å². The van der Waals surface area contributed by atoms with Crippen molar-refractivity contribution in [2.24, 2.45) is 0 Å². The molecule has 0 amide bonds. The SMILES string of the molecule is COc1c(C)cc2c(c1O)[C@H]1C3=Cc4c(OC(C)=O)c(C)c(OC)c(OC)c4[C@H](COC(C)=O)N3[C@@H](C#N)[C@H](C2)N1C. The number of nitriles is 1. The Morgan fingerprint density at radius 1 is 1.02 bits per heavy atom. The van der Waals surface area contributed by atoms with Gasteiger partial charge in [0.05, 0.1) is 39.5 Å². The summed E-state index contributed by atoms with van der Waals surface area (Å²) in [6.45, 7) is 6.17. The minimum atomic E-state index is -0.706. The number of rotatable bonds is 6. The van der Waals surface area contributed by atoms with Gasteiger partial charge < -0.3 is 33.7 Å². The zero-order valence-corrected chi connectivity index (χ0v) is 25.0. The van der Waals surface area contributed by atoms with Gasteiger partial charge in [-0.25, -0.2) is 0 Å². The topological polar surface area (TPSA) is 131 Å². The summed E-state index contributed by atoms with van der Waals surface area (Å²) in [6.07, 6.45) is 2.37. The summed E-state index contributed by atoms with van der Waals surface area (Å²) < 4.78 is 28.5. The molecule has 1 N–H and O–H groups in total. The Morgan fingerprint density at radius 2 is 1.69 bits per heavy atom. The van der Waals surface area contributed by atoms with E-state index < -0.39 is 30.1 Å². The van der Waals surface area contributed by atoms with Crippen molar-refractivity contribution in [3.63, 3.8) is 0 Å². The molecule has 0 unspecified atom stereocenters. The van der Waals surface area contributed by atoms with Crippen LogP contribution < -0.4 is 18.9 Å². The number of aryl methyl sites for hydroxylation is 1.